The molecule has 0 saturated carbocycles. The maximum atomic E-state index is 9.71. The van der Waals surface area contributed by atoms with Crippen molar-refractivity contribution in [3.63, 3.8) is 0 Å². The number of ether oxygens (including phenoxy) is 2. The number of hydrogen-bond donors (Lipinski definition) is 2. The van der Waals surface area contributed by atoms with E-state index in [2.05, 4.69) is 16.4 Å². The number of nitrogens with one attached hydrogen (secondary N) is 1. The lowest BCUT2D eigenvalue weighted by atomic mass is 9.96. The number of rotatable bonds is 9. The van der Waals surface area contributed by atoms with Crippen molar-refractivity contribution >= 4 is 0 Å². The zero-order chi connectivity index (χ0) is 20.5. The minimum Gasteiger partial charge on any atom is -0.481 e. The third kappa shape index (κ3) is 5.11. The molecule has 0 aliphatic carbocycles. The quantitative estimate of drug-likeness (QED) is 0.546. The van der Waals surface area contributed by atoms with E-state index in [-0.39, 0.29) is 13.2 Å². The van der Waals surface area contributed by atoms with E-state index in [4.69, 9.17) is 14.6 Å². The van der Waals surface area contributed by atoms with Crippen molar-refractivity contribution in [1.29, 1.82) is 5.26 Å². The Labute approximate surface area is 170 Å². The van der Waals surface area contributed by atoms with Gasteiger partial charge in [0.15, 0.2) is 0 Å². The number of hydrogen-bond acceptors (Lipinski definition) is 6. The van der Waals surface area contributed by atoms with Crippen molar-refractivity contribution in [2.45, 2.75) is 13.2 Å². The van der Waals surface area contributed by atoms with Crippen molar-refractivity contribution in [2.24, 2.45) is 0 Å². The average Bonchev–Trinajstić information content (AvgIpc) is 2.78. The molecular weight excluding hydrogens is 366 g/mol. The van der Waals surface area contributed by atoms with Gasteiger partial charge in [-0.2, -0.15) is 10.2 Å². The lowest BCUT2D eigenvalue weighted by Crippen LogP contribution is -2.18. The van der Waals surface area contributed by atoms with Crippen LogP contribution >= 0.6 is 0 Å². The molecule has 148 valence electrons. The molecule has 6 heteroatoms. The van der Waals surface area contributed by atoms with Crippen LogP contribution in [-0.4, -0.2) is 30.4 Å². The monoisotopic (exact) mass is 389 g/mol. The Morgan fingerprint density at radius 3 is 2.59 bits per heavy atom. The first-order valence-electron chi connectivity index (χ1n) is 9.32. The number of aliphatic hydroxyl groups excluding tert-OH is 1. The number of nitriles is 1. The highest BCUT2D eigenvalue weighted by atomic mass is 16.5. The lowest BCUT2D eigenvalue weighted by molar-refractivity contribution is 0.284. The highest BCUT2D eigenvalue weighted by molar-refractivity contribution is 5.72. The van der Waals surface area contributed by atoms with E-state index >= 15 is 0 Å². The van der Waals surface area contributed by atoms with Crippen molar-refractivity contribution in [3.05, 3.63) is 77.4 Å². The molecule has 0 fully saturated rings. The summed E-state index contributed by atoms with van der Waals surface area (Å²) in [6.45, 7) is 1.33. The van der Waals surface area contributed by atoms with Crippen molar-refractivity contribution < 1.29 is 14.6 Å². The van der Waals surface area contributed by atoms with Crippen LogP contribution in [0.2, 0.25) is 0 Å². The average molecular weight is 389 g/mol. The molecule has 2 aromatic carbocycles. The summed E-state index contributed by atoms with van der Waals surface area (Å²) in [4.78, 5) is 4.39. The standard InChI is InChI=1S/C23H23N3O3/c1-28-23-18(15-25-12-13-27)10-11-22(26-23)29-16-19-8-5-9-20(21(19)14-24)17-6-3-2-4-7-17/h2-11,25,27H,12-13,15-16H2,1H3. The summed E-state index contributed by atoms with van der Waals surface area (Å²) < 4.78 is 11.2. The van der Waals surface area contributed by atoms with Crippen LogP contribution in [-0.2, 0) is 13.2 Å². The van der Waals surface area contributed by atoms with Gasteiger partial charge in [0.2, 0.25) is 11.8 Å². The number of aliphatic hydroxyl groups is 1. The summed E-state index contributed by atoms with van der Waals surface area (Å²) in [5.74, 6) is 0.883. The predicted molar refractivity (Wildman–Crippen MR) is 111 cm³/mol. The fourth-order valence-corrected chi connectivity index (χ4v) is 3.01. The van der Waals surface area contributed by atoms with E-state index in [9.17, 15) is 5.26 Å². The largest absolute Gasteiger partial charge is 0.481 e. The molecule has 0 bridgehead atoms. The Hall–Kier alpha value is -3.40. The summed E-state index contributed by atoms with van der Waals surface area (Å²) in [5.41, 5.74) is 4.13. The van der Waals surface area contributed by atoms with E-state index < -0.39 is 0 Å². The first-order valence-corrected chi connectivity index (χ1v) is 9.32. The van der Waals surface area contributed by atoms with E-state index in [0.717, 1.165) is 22.3 Å². The number of aromatic nitrogens is 1. The highest BCUT2D eigenvalue weighted by Gasteiger charge is 2.12. The van der Waals surface area contributed by atoms with Crippen molar-refractivity contribution in [3.8, 4) is 29.0 Å². The van der Waals surface area contributed by atoms with E-state index in [1.165, 1.54) is 0 Å². The second kappa shape index (κ2) is 10.2. The molecule has 0 aliphatic rings. The van der Waals surface area contributed by atoms with Gasteiger partial charge < -0.3 is 19.9 Å². The number of methoxy groups -OCH3 is 1. The van der Waals surface area contributed by atoms with Gasteiger partial charge in [-0.15, -0.1) is 0 Å². The molecule has 0 spiro atoms. The van der Waals surface area contributed by atoms with E-state index in [1.807, 2.05) is 54.6 Å². The Morgan fingerprint density at radius 2 is 1.86 bits per heavy atom. The fraction of sp³-hybridized carbons (Fsp3) is 0.217. The summed E-state index contributed by atoms with van der Waals surface area (Å²) in [5, 5.41) is 21.7. The first-order chi connectivity index (χ1) is 14.3. The minimum atomic E-state index is 0.0697. The number of pyridine rings is 1. The molecule has 0 atom stereocenters. The van der Waals surface area contributed by atoms with Gasteiger partial charge >= 0.3 is 0 Å². The topological polar surface area (TPSA) is 87.4 Å². The van der Waals surface area contributed by atoms with Gasteiger partial charge in [-0.3, -0.25) is 0 Å². The van der Waals surface area contributed by atoms with Crippen LogP contribution in [0.1, 0.15) is 16.7 Å². The van der Waals surface area contributed by atoms with Crippen LogP contribution in [0.15, 0.2) is 60.7 Å². The van der Waals surface area contributed by atoms with Crippen LogP contribution in [0.25, 0.3) is 11.1 Å². The highest BCUT2D eigenvalue weighted by Crippen LogP contribution is 2.27. The lowest BCUT2D eigenvalue weighted by Gasteiger charge is -2.13. The molecule has 1 aromatic heterocycles. The van der Waals surface area contributed by atoms with Gasteiger partial charge in [-0.05, 0) is 17.2 Å². The summed E-state index contributed by atoms with van der Waals surface area (Å²) >= 11 is 0. The van der Waals surface area contributed by atoms with Crippen LogP contribution in [0.5, 0.6) is 11.8 Å². The van der Waals surface area contributed by atoms with Crippen LogP contribution in [0.4, 0.5) is 0 Å². The molecule has 0 aliphatic heterocycles. The van der Waals surface area contributed by atoms with Crippen molar-refractivity contribution in [2.75, 3.05) is 20.3 Å². The molecule has 0 amide bonds. The molecule has 0 saturated heterocycles. The number of benzene rings is 2. The molecule has 2 N–H and O–H groups in total. The normalized spacial score (nSPS) is 10.4. The molecule has 0 radical (unpaired) electrons. The summed E-state index contributed by atoms with van der Waals surface area (Å²) in [6, 6.07) is 21.5. The van der Waals surface area contributed by atoms with Gasteiger partial charge in [0.25, 0.3) is 0 Å². The van der Waals surface area contributed by atoms with E-state index in [1.54, 1.807) is 13.2 Å². The van der Waals surface area contributed by atoms with Crippen LogP contribution in [0.3, 0.4) is 0 Å². The zero-order valence-corrected chi connectivity index (χ0v) is 16.3. The van der Waals surface area contributed by atoms with Crippen LogP contribution < -0.4 is 14.8 Å². The van der Waals surface area contributed by atoms with Gasteiger partial charge in [0, 0.05) is 30.3 Å². The second-order valence-corrected chi connectivity index (χ2v) is 6.32. The third-order valence-corrected chi connectivity index (χ3v) is 4.43. The molecule has 29 heavy (non-hydrogen) atoms. The Morgan fingerprint density at radius 1 is 1.03 bits per heavy atom. The SMILES string of the molecule is COc1nc(OCc2cccc(-c3ccccc3)c2C#N)ccc1CNCCO. The maximum Gasteiger partial charge on any atom is 0.220 e. The van der Waals surface area contributed by atoms with Gasteiger partial charge in [0.05, 0.1) is 19.3 Å². The smallest absolute Gasteiger partial charge is 0.220 e. The minimum absolute atomic E-state index is 0.0697. The van der Waals surface area contributed by atoms with Gasteiger partial charge in [0.1, 0.15) is 12.7 Å². The molecule has 6 nitrogen and oxygen atoms in total. The fourth-order valence-electron chi connectivity index (χ4n) is 3.01. The van der Waals surface area contributed by atoms with Crippen LogP contribution in [0, 0.1) is 11.3 Å². The first kappa shape index (κ1) is 20.3. The third-order valence-electron chi connectivity index (χ3n) is 4.43. The maximum absolute atomic E-state index is 9.71. The number of nitrogens with zero attached hydrogens (tertiary/aromatic N) is 2. The van der Waals surface area contributed by atoms with Gasteiger partial charge in [-0.25, -0.2) is 0 Å². The Balaban J connectivity index is 1.77. The molecule has 0 unspecified atom stereocenters. The summed E-state index contributed by atoms with van der Waals surface area (Å²) in [6.07, 6.45) is 0. The second-order valence-electron chi connectivity index (χ2n) is 6.32. The predicted octanol–water partition coefficient (Wildman–Crippen LogP) is 3.29. The van der Waals surface area contributed by atoms with Gasteiger partial charge in [-0.1, -0.05) is 48.5 Å². The Kier molecular flexibility index (Phi) is 7.17. The molecule has 1 heterocycles. The molecule has 3 rings (SSSR count). The Bertz CT molecular complexity index is 984. The van der Waals surface area contributed by atoms with E-state index in [0.29, 0.717) is 30.4 Å². The summed E-state index contributed by atoms with van der Waals surface area (Å²) in [7, 11) is 1.55. The zero-order valence-electron chi connectivity index (χ0n) is 16.3. The molecule has 3 aromatic rings. The molecular formula is C23H23N3O3. The van der Waals surface area contributed by atoms with Crippen molar-refractivity contribution in [1.82, 2.24) is 10.3 Å².